The molecule has 1 aromatic rings. The summed E-state index contributed by atoms with van der Waals surface area (Å²) in [4.78, 5) is 5.51. The lowest BCUT2D eigenvalue weighted by molar-refractivity contribution is 0.129. The molecule has 2 atom stereocenters. The van der Waals surface area contributed by atoms with Crippen molar-refractivity contribution in [2.45, 2.75) is 33.8 Å². The largest absolute Gasteiger partial charge is 0.391 e. The van der Waals surface area contributed by atoms with Crippen LogP contribution in [0.4, 0.5) is 0 Å². The number of nitrogens with zero attached hydrogens (tertiary/aromatic N) is 1. The second kappa shape index (κ2) is 4.52. The van der Waals surface area contributed by atoms with Gasteiger partial charge < -0.3 is 4.84 Å². The zero-order chi connectivity index (χ0) is 13.5. The molecule has 1 aromatic carbocycles. The summed E-state index contributed by atoms with van der Waals surface area (Å²) < 4.78 is 0. The molecule has 1 saturated carbocycles. The molecular formula is C17H21NO. The molecular weight excluding hydrogens is 234 g/mol. The van der Waals surface area contributed by atoms with Crippen molar-refractivity contribution in [1.82, 2.24) is 0 Å². The highest BCUT2D eigenvalue weighted by Crippen LogP contribution is 2.63. The summed E-state index contributed by atoms with van der Waals surface area (Å²) in [5, 5.41) is 4.35. The molecule has 2 aliphatic carbocycles. The number of hydrogen-bond donors (Lipinski definition) is 0. The van der Waals surface area contributed by atoms with E-state index in [2.05, 4.69) is 44.1 Å². The Balaban J connectivity index is 1.63. The molecule has 0 unspecified atom stereocenters. The molecule has 0 radical (unpaired) electrons. The van der Waals surface area contributed by atoms with E-state index < -0.39 is 0 Å². The summed E-state index contributed by atoms with van der Waals surface area (Å²) in [6, 6.07) is 10.2. The molecule has 2 nitrogen and oxygen atoms in total. The normalized spacial score (nSPS) is 29.6. The van der Waals surface area contributed by atoms with E-state index in [9.17, 15) is 0 Å². The van der Waals surface area contributed by atoms with Crippen molar-refractivity contribution in [3.63, 3.8) is 0 Å². The Kier molecular flexibility index (Phi) is 2.96. The SMILES string of the molecule is CC1=C[C@H]2[C@@H](C/C1=N/OCc1ccccc1)C2(C)C. The molecule has 100 valence electrons. The van der Waals surface area contributed by atoms with Gasteiger partial charge in [-0.15, -0.1) is 0 Å². The van der Waals surface area contributed by atoms with E-state index in [1.54, 1.807) is 0 Å². The second-order valence-electron chi connectivity index (χ2n) is 6.30. The van der Waals surface area contributed by atoms with Gasteiger partial charge in [0.2, 0.25) is 0 Å². The average molecular weight is 255 g/mol. The first kappa shape index (κ1) is 12.5. The highest BCUT2D eigenvalue weighted by molar-refractivity contribution is 6.01. The number of fused-ring (bicyclic) bond motifs is 1. The van der Waals surface area contributed by atoms with Crippen LogP contribution in [-0.2, 0) is 11.4 Å². The van der Waals surface area contributed by atoms with Crippen LogP contribution >= 0.6 is 0 Å². The molecule has 0 heterocycles. The van der Waals surface area contributed by atoms with Gasteiger partial charge in [-0.1, -0.05) is 55.4 Å². The fourth-order valence-corrected chi connectivity index (χ4v) is 3.11. The Labute approximate surface area is 115 Å². The highest BCUT2D eigenvalue weighted by atomic mass is 16.6. The molecule has 2 aliphatic rings. The number of rotatable bonds is 3. The minimum atomic E-state index is 0.456. The Hall–Kier alpha value is -1.57. The predicted octanol–water partition coefficient (Wildman–Crippen LogP) is 4.18. The molecule has 19 heavy (non-hydrogen) atoms. The molecule has 0 aromatic heterocycles. The van der Waals surface area contributed by atoms with Gasteiger partial charge in [0.15, 0.2) is 0 Å². The summed E-state index contributed by atoms with van der Waals surface area (Å²) in [6.07, 6.45) is 3.44. The van der Waals surface area contributed by atoms with Crippen LogP contribution in [0.25, 0.3) is 0 Å². The first-order valence-corrected chi connectivity index (χ1v) is 7.00. The van der Waals surface area contributed by atoms with Gasteiger partial charge in [0.1, 0.15) is 6.61 Å². The van der Waals surface area contributed by atoms with E-state index in [1.165, 1.54) is 5.57 Å². The second-order valence-corrected chi connectivity index (χ2v) is 6.30. The molecule has 2 heteroatoms. The molecule has 0 spiro atoms. The summed E-state index contributed by atoms with van der Waals surface area (Å²) >= 11 is 0. The molecule has 3 rings (SSSR count). The number of allylic oxidation sites excluding steroid dienone is 2. The molecule has 0 saturated heterocycles. The quantitative estimate of drug-likeness (QED) is 0.742. The summed E-state index contributed by atoms with van der Waals surface area (Å²) in [5.74, 6) is 1.51. The Bertz CT molecular complexity index is 527. The maximum Gasteiger partial charge on any atom is 0.142 e. The smallest absolute Gasteiger partial charge is 0.142 e. The van der Waals surface area contributed by atoms with Crippen LogP contribution in [0.5, 0.6) is 0 Å². The zero-order valence-electron chi connectivity index (χ0n) is 11.9. The van der Waals surface area contributed by atoms with Crippen LogP contribution in [0.3, 0.4) is 0 Å². The van der Waals surface area contributed by atoms with Gasteiger partial charge in [0, 0.05) is 0 Å². The third-order valence-corrected chi connectivity index (χ3v) is 4.69. The van der Waals surface area contributed by atoms with Crippen molar-refractivity contribution in [1.29, 1.82) is 0 Å². The lowest BCUT2D eigenvalue weighted by atomic mass is 9.99. The fraction of sp³-hybridized carbons (Fsp3) is 0.471. The minimum absolute atomic E-state index is 0.456. The van der Waals surface area contributed by atoms with Crippen LogP contribution in [0, 0.1) is 17.3 Å². The Morgan fingerprint density at radius 2 is 2.00 bits per heavy atom. The molecule has 0 amide bonds. The van der Waals surface area contributed by atoms with Gasteiger partial charge in [0.25, 0.3) is 0 Å². The first-order valence-electron chi connectivity index (χ1n) is 7.00. The van der Waals surface area contributed by atoms with E-state index >= 15 is 0 Å². The summed E-state index contributed by atoms with van der Waals surface area (Å²) in [7, 11) is 0. The van der Waals surface area contributed by atoms with Crippen molar-refractivity contribution in [3.05, 3.63) is 47.5 Å². The third-order valence-electron chi connectivity index (χ3n) is 4.69. The van der Waals surface area contributed by atoms with Crippen molar-refractivity contribution in [2.24, 2.45) is 22.4 Å². The molecule has 0 N–H and O–H groups in total. The van der Waals surface area contributed by atoms with Gasteiger partial charge >= 0.3 is 0 Å². The zero-order valence-corrected chi connectivity index (χ0v) is 11.9. The van der Waals surface area contributed by atoms with E-state index in [1.807, 2.05) is 18.2 Å². The van der Waals surface area contributed by atoms with Crippen LogP contribution in [0.1, 0.15) is 32.8 Å². The van der Waals surface area contributed by atoms with Crippen LogP contribution in [0.15, 0.2) is 47.1 Å². The Morgan fingerprint density at radius 1 is 1.26 bits per heavy atom. The predicted molar refractivity (Wildman–Crippen MR) is 77.8 cm³/mol. The van der Waals surface area contributed by atoms with Gasteiger partial charge in [-0.2, -0.15) is 0 Å². The van der Waals surface area contributed by atoms with Crippen molar-refractivity contribution >= 4 is 5.71 Å². The molecule has 0 aliphatic heterocycles. The van der Waals surface area contributed by atoms with Crippen molar-refractivity contribution < 1.29 is 4.84 Å². The number of benzene rings is 1. The third kappa shape index (κ3) is 2.32. The molecule has 0 bridgehead atoms. The lowest BCUT2D eigenvalue weighted by Crippen LogP contribution is -2.08. The maximum absolute atomic E-state index is 5.51. The fourth-order valence-electron chi connectivity index (χ4n) is 3.11. The molecule has 1 fully saturated rings. The van der Waals surface area contributed by atoms with Gasteiger partial charge in [-0.25, -0.2) is 0 Å². The van der Waals surface area contributed by atoms with Crippen LogP contribution in [-0.4, -0.2) is 5.71 Å². The van der Waals surface area contributed by atoms with Crippen LogP contribution in [0.2, 0.25) is 0 Å². The standard InChI is InChI=1S/C17H21NO/c1-12-9-14-15(17(14,2)3)10-16(12)18-19-11-13-7-5-4-6-8-13/h4-9,14-15H,10-11H2,1-3H3/b18-16-/t14-,15+/m0/s1. The average Bonchev–Trinajstić information content (AvgIpc) is 2.92. The monoisotopic (exact) mass is 255 g/mol. The Morgan fingerprint density at radius 3 is 2.74 bits per heavy atom. The lowest BCUT2D eigenvalue weighted by Gasteiger charge is -2.11. The maximum atomic E-state index is 5.51. The van der Waals surface area contributed by atoms with Crippen molar-refractivity contribution in [2.75, 3.05) is 0 Å². The minimum Gasteiger partial charge on any atom is -0.391 e. The highest BCUT2D eigenvalue weighted by Gasteiger charge is 2.58. The summed E-state index contributed by atoms with van der Waals surface area (Å²) in [5.41, 5.74) is 4.04. The van der Waals surface area contributed by atoms with Crippen molar-refractivity contribution in [3.8, 4) is 0 Å². The van der Waals surface area contributed by atoms with Gasteiger partial charge in [0.05, 0.1) is 5.71 Å². The number of hydrogen-bond acceptors (Lipinski definition) is 2. The summed E-state index contributed by atoms with van der Waals surface area (Å²) in [6.45, 7) is 7.39. The van der Waals surface area contributed by atoms with E-state index in [0.717, 1.165) is 29.5 Å². The first-order chi connectivity index (χ1) is 9.09. The van der Waals surface area contributed by atoms with Gasteiger partial charge in [-0.3, -0.25) is 0 Å². The van der Waals surface area contributed by atoms with E-state index in [0.29, 0.717) is 12.0 Å². The van der Waals surface area contributed by atoms with E-state index in [-0.39, 0.29) is 0 Å². The van der Waals surface area contributed by atoms with E-state index in [4.69, 9.17) is 4.84 Å². The number of oxime groups is 1. The van der Waals surface area contributed by atoms with Crippen LogP contribution < -0.4 is 0 Å². The topological polar surface area (TPSA) is 21.6 Å². The van der Waals surface area contributed by atoms with Gasteiger partial charge in [-0.05, 0) is 41.7 Å².